The van der Waals surface area contributed by atoms with Crippen molar-refractivity contribution in [3.63, 3.8) is 0 Å². The van der Waals surface area contributed by atoms with Crippen LogP contribution in [0.4, 0.5) is 5.69 Å². The molecule has 2 aromatic heterocycles. The van der Waals surface area contributed by atoms with Crippen LogP contribution in [0.1, 0.15) is 13.0 Å². The highest BCUT2D eigenvalue weighted by Gasteiger charge is 2.19. The van der Waals surface area contributed by atoms with E-state index in [1.807, 2.05) is 0 Å². The zero-order chi connectivity index (χ0) is 17.8. The first-order valence-electron chi connectivity index (χ1n) is 7.64. The Labute approximate surface area is 143 Å². The maximum Gasteiger partial charge on any atom is 0.267 e. The van der Waals surface area contributed by atoms with Crippen molar-refractivity contribution in [2.75, 3.05) is 12.4 Å². The van der Waals surface area contributed by atoms with E-state index in [4.69, 9.17) is 4.74 Å². The smallest absolute Gasteiger partial charge is 0.267 e. The standard InChI is InChI=1S/C17H17N5O3/c1-12(17(24)19-13-6-3-4-7-14(13)25-2)22-16(23)9-8-15(20-22)21-11-5-10-18-21/h3-12H,1-2H3,(H,19,24). The predicted octanol–water partition coefficient (Wildman–Crippen LogP) is 1.64. The lowest BCUT2D eigenvalue weighted by atomic mass is 10.2. The number of carbonyl (C=O) groups excluding carboxylic acids is 1. The molecule has 3 rings (SSSR count). The second-order valence-electron chi connectivity index (χ2n) is 5.29. The van der Waals surface area contributed by atoms with Gasteiger partial charge in [-0.15, -0.1) is 5.10 Å². The van der Waals surface area contributed by atoms with E-state index in [0.717, 1.165) is 4.68 Å². The van der Waals surface area contributed by atoms with E-state index in [1.54, 1.807) is 55.7 Å². The van der Waals surface area contributed by atoms with E-state index < -0.39 is 6.04 Å². The van der Waals surface area contributed by atoms with Crippen LogP contribution in [0.2, 0.25) is 0 Å². The molecule has 8 nitrogen and oxygen atoms in total. The molecule has 0 aliphatic carbocycles. The Morgan fingerprint density at radius 1 is 1.20 bits per heavy atom. The normalized spacial score (nSPS) is 11.8. The minimum absolute atomic E-state index is 0.376. The van der Waals surface area contributed by atoms with Gasteiger partial charge in [0, 0.05) is 18.5 Å². The highest BCUT2D eigenvalue weighted by molar-refractivity contribution is 5.94. The summed E-state index contributed by atoms with van der Waals surface area (Å²) in [7, 11) is 1.52. The number of hydrogen-bond acceptors (Lipinski definition) is 5. The number of amides is 1. The molecule has 1 N–H and O–H groups in total. The van der Waals surface area contributed by atoms with Gasteiger partial charge in [-0.05, 0) is 31.2 Å². The highest BCUT2D eigenvalue weighted by atomic mass is 16.5. The topological polar surface area (TPSA) is 91.0 Å². The van der Waals surface area contributed by atoms with Crippen molar-refractivity contribution >= 4 is 11.6 Å². The molecule has 0 aliphatic heterocycles. The predicted molar refractivity (Wildman–Crippen MR) is 92.0 cm³/mol. The van der Waals surface area contributed by atoms with Gasteiger partial charge in [-0.2, -0.15) is 5.10 Å². The van der Waals surface area contributed by atoms with E-state index in [-0.39, 0.29) is 11.5 Å². The lowest BCUT2D eigenvalue weighted by molar-refractivity contribution is -0.119. The number of rotatable bonds is 5. The second kappa shape index (κ2) is 7.00. The summed E-state index contributed by atoms with van der Waals surface area (Å²) in [6.07, 6.45) is 3.31. The Morgan fingerprint density at radius 2 is 2.00 bits per heavy atom. The third kappa shape index (κ3) is 3.42. The summed E-state index contributed by atoms with van der Waals surface area (Å²) in [5.41, 5.74) is 0.150. The molecule has 0 aliphatic rings. The van der Waals surface area contributed by atoms with E-state index in [9.17, 15) is 9.59 Å². The number of para-hydroxylation sites is 2. The Balaban J connectivity index is 1.87. The fraction of sp³-hybridized carbons (Fsp3) is 0.176. The van der Waals surface area contributed by atoms with Crippen molar-refractivity contribution in [1.29, 1.82) is 0 Å². The average Bonchev–Trinajstić information content (AvgIpc) is 3.16. The van der Waals surface area contributed by atoms with Crippen LogP contribution in [0.5, 0.6) is 5.75 Å². The zero-order valence-electron chi connectivity index (χ0n) is 13.8. The number of nitrogens with zero attached hydrogens (tertiary/aromatic N) is 4. The SMILES string of the molecule is COc1ccccc1NC(=O)C(C)n1nc(-n2cccn2)ccc1=O. The molecule has 3 aromatic rings. The maximum atomic E-state index is 12.5. The molecule has 0 spiro atoms. The number of benzene rings is 1. The molecule has 1 aromatic carbocycles. The Bertz CT molecular complexity index is 933. The van der Waals surface area contributed by atoms with E-state index in [1.165, 1.54) is 17.9 Å². The van der Waals surface area contributed by atoms with Crippen LogP contribution < -0.4 is 15.6 Å². The molecule has 25 heavy (non-hydrogen) atoms. The van der Waals surface area contributed by atoms with Gasteiger partial charge in [0.1, 0.15) is 11.8 Å². The number of ether oxygens (including phenoxy) is 1. The summed E-state index contributed by atoms with van der Waals surface area (Å²) in [5.74, 6) is 0.604. The van der Waals surface area contributed by atoms with E-state index in [2.05, 4.69) is 15.5 Å². The number of anilines is 1. The molecule has 0 bridgehead atoms. The summed E-state index contributed by atoms with van der Waals surface area (Å²) in [6, 6.07) is 10.9. The summed E-state index contributed by atoms with van der Waals surface area (Å²) in [6.45, 7) is 1.60. The van der Waals surface area contributed by atoms with Crippen LogP contribution in [-0.2, 0) is 4.79 Å². The molecule has 0 fully saturated rings. The molecule has 128 valence electrons. The molecule has 0 radical (unpaired) electrons. The Hall–Kier alpha value is -3.42. The number of methoxy groups -OCH3 is 1. The summed E-state index contributed by atoms with van der Waals surface area (Å²) < 4.78 is 7.85. The molecule has 1 amide bonds. The first-order valence-corrected chi connectivity index (χ1v) is 7.64. The van der Waals surface area contributed by atoms with Gasteiger partial charge in [-0.3, -0.25) is 9.59 Å². The number of hydrogen-bond donors (Lipinski definition) is 1. The molecular weight excluding hydrogens is 322 g/mol. The summed E-state index contributed by atoms with van der Waals surface area (Å²) >= 11 is 0. The van der Waals surface area contributed by atoms with Crippen molar-refractivity contribution in [3.05, 3.63) is 65.2 Å². The largest absolute Gasteiger partial charge is 0.495 e. The molecular formula is C17H17N5O3. The van der Waals surface area contributed by atoms with Gasteiger partial charge >= 0.3 is 0 Å². The molecule has 8 heteroatoms. The zero-order valence-corrected chi connectivity index (χ0v) is 13.8. The van der Waals surface area contributed by atoms with Gasteiger partial charge in [-0.25, -0.2) is 9.36 Å². The summed E-state index contributed by atoms with van der Waals surface area (Å²) in [5, 5.41) is 11.1. The minimum atomic E-state index is -0.812. The number of carbonyl (C=O) groups is 1. The van der Waals surface area contributed by atoms with Crippen molar-refractivity contribution in [2.45, 2.75) is 13.0 Å². The van der Waals surface area contributed by atoms with Crippen molar-refractivity contribution < 1.29 is 9.53 Å². The van der Waals surface area contributed by atoms with Crippen LogP contribution in [0.15, 0.2) is 59.7 Å². The first-order chi connectivity index (χ1) is 12.1. The van der Waals surface area contributed by atoms with Crippen LogP contribution in [-0.4, -0.2) is 32.6 Å². The van der Waals surface area contributed by atoms with Crippen LogP contribution in [0.25, 0.3) is 5.82 Å². The molecule has 1 unspecified atom stereocenters. The summed E-state index contributed by atoms with van der Waals surface area (Å²) in [4.78, 5) is 24.7. The van der Waals surface area contributed by atoms with Crippen molar-refractivity contribution in [2.24, 2.45) is 0 Å². The quantitative estimate of drug-likeness (QED) is 0.763. The molecule has 2 heterocycles. The Kier molecular flexibility index (Phi) is 4.60. The third-order valence-electron chi connectivity index (χ3n) is 3.66. The van der Waals surface area contributed by atoms with Gasteiger partial charge in [0.15, 0.2) is 5.82 Å². The lowest BCUT2D eigenvalue weighted by Crippen LogP contribution is -2.33. The molecule has 0 saturated carbocycles. The van der Waals surface area contributed by atoms with Crippen LogP contribution in [0.3, 0.4) is 0 Å². The average molecular weight is 339 g/mol. The monoisotopic (exact) mass is 339 g/mol. The fourth-order valence-electron chi connectivity index (χ4n) is 2.32. The molecule has 0 saturated heterocycles. The molecule has 1 atom stereocenters. The first kappa shape index (κ1) is 16.4. The van der Waals surface area contributed by atoms with Crippen LogP contribution in [0, 0.1) is 0 Å². The second-order valence-corrected chi connectivity index (χ2v) is 5.29. The lowest BCUT2D eigenvalue weighted by Gasteiger charge is -2.16. The van der Waals surface area contributed by atoms with Gasteiger partial charge in [-0.1, -0.05) is 12.1 Å². The maximum absolute atomic E-state index is 12.5. The Morgan fingerprint density at radius 3 is 2.72 bits per heavy atom. The van der Waals surface area contributed by atoms with E-state index >= 15 is 0 Å². The van der Waals surface area contributed by atoms with Gasteiger partial charge in [0.25, 0.3) is 5.56 Å². The minimum Gasteiger partial charge on any atom is -0.495 e. The van der Waals surface area contributed by atoms with Gasteiger partial charge < -0.3 is 10.1 Å². The van der Waals surface area contributed by atoms with Gasteiger partial charge in [0.05, 0.1) is 12.8 Å². The van der Waals surface area contributed by atoms with Gasteiger partial charge in [0.2, 0.25) is 5.91 Å². The third-order valence-corrected chi connectivity index (χ3v) is 3.66. The van der Waals surface area contributed by atoms with Crippen LogP contribution >= 0.6 is 0 Å². The van der Waals surface area contributed by atoms with E-state index in [0.29, 0.717) is 17.3 Å². The van der Waals surface area contributed by atoms with Crippen molar-refractivity contribution in [1.82, 2.24) is 19.6 Å². The number of nitrogens with one attached hydrogen (secondary N) is 1. The number of aromatic nitrogens is 4. The fourth-order valence-corrected chi connectivity index (χ4v) is 2.32. The van der Waals surface area contributed by atoms with Crippen molar-refractivity contribution in [3.8, 4) is 11.6 Å². The highest BCUT2D eigenvalue weighted by Crippen LogP contribution is 2.23.